The molecule has 0 saturated heterocycles. The van der Waals surface area contributed by atoms with Gasteiger partial charge in [0.1, 0.15) is 11.8 Å². The molecule has 3 aromatic rings. The Labute approximate surface area is 133 Å². The molecule has 118 valence electrons. The zero-order valence-electron chi connectivity index (χ0n) is 12.6. The molecule has 0 saturated carbocycles. The van der Waals surface area contributed by atoms with Crippen LogP contribution < -0.4 is 10.6 Å². The van der Waals surface area contributed by atoms with Crippen LogP contribution in [0.15, 0.2) is 43.0 Å². The Kier molecular flexibility index (Phi) is 4.78. The minimum Gasteiger partial charge on any atom is -0.368 e. The van der Waals surface area contributed by atoms with E-state index in [0.29, 0.717) is 31.0 Å². The molecule has 0 aliphatic carbocycles. The topological polar surface area (TPSA) is 95.6 Å². The number of carbonyl (C=O) groups is 1. The fourth-order valence-corrected chi connectivity index (χ4v) is 2.27. The molecule has 23 heavy (non-hydrogen) atoms. The molecule has 0 aliphatic rings. The molecule has 1 amide bonds. The minimum absolute atomic E-state index is 0.0170. The number of amides is 1. The highest BCUT2D eigenvalue weighted by Gasteiger charge is 2.06. The molecule has 0 unspecified atom stereocenters. The Morgan fingerprint density at radius 1 is 1.09 bits per heavy atom. The van der Waals surface area contributed by atoms with E-state index in [1.54, 1.807) is 6.33 Å². The van der Waals surface area contributed by atoms with E-state index in [4.69, 9.17) is 0 Å². The van der Waals surface area contributed by atoms with Gasteiger partial charge in [0.05, 0.1) is 6.33 Å². The van der Waals surface area contributed by atoms with Crippen molar-refractivity contribution in [2.75, 3.05) is 18.4 Å². The molecule has 3 N–H and O–H groups in total. The maximum Gasteiger partial charge on any atom is 0.221 e. The quantitative estimate of drug-likeness (QED) is 0.615. The summed E-state index contributed by atoms with van der Waals surface area (Å²) in [6.07, 6.45) is 4.24. The zero-order chi connectivity index (χ0) is 15.9. The number of imidazole rings is 1. The van der Waals surface area contributed by atoms with Crippen molar-refractivity contribution in [2.24, 2.45) is 0 Å². The van der Waals surface area contributed by atoms with Crippen molar-refractivity contribution in [3.05, 3.63) is 48.5 Å². The number of benzene rings is 1. The van der Waals surface area contributed by atoms with E-state index >= 15 is 0 Å². The van der Waals surface area contributed by atoms with E-state index < -0.39 is 0 Å². The van der Waals surface area contributed by atoms with Gasteiger partial charge in [0.25, 0.3) is 0 Å². The van der Waals surface area contributed by atoms with Crippen molar-refractivity contribution in [3.63, 3.8) is 0 Å². The predicted molar refractivity (Wildman–Crippen MR) is 87.9 cm³/mol. The number of nitrogens with zero attached hydrogens (tertiary/aromatic N) is 3. The molecule has 3 rings (SSSR count). The van der Waals surface area contributed by atoms with Gasteiger partial charge >= 0.3 is 0 Å². The number of anilines is 1. The maximum atomic E-state index is 11.8. The number of fused-ring (bicyclic) bond motifs is 1. The standard InChI is InChI=1S/C16H18N6O/c23-13(17-8-6-12-4-2-1-3-5-12)7-9-18-15-14-16(20-10-19-14)22-11-21-15/h1-5,10-11H,6-9H2,(H,17,23)(H2,18,19,20,21,22). The summed E-state index contributed by atoms with van der Waals surface area (Å²) >= 11 is 0. The number of aromatic nitrogens is 4. The Morgan fingerprint density at radius 2 is 1.96 bits per heavy atom. The molecule has 0 fully saturated rings. The molecule has 2 aromatic heterocycles. The Bertz CT molecular complexity index is 770. The van der Waals surface area contributed by atoms with Crippen molar-refractivity contribution in [1.29, 1.82) is 0 Å². The predicted octanol–water partition coefficient (Wildman–Crippen LogP) is 1.51. The van der Waals surface area contributed by atoms with Crippen molar-refractivity contribution >= 4 is 22.9 Å². The Hall–Kier alpha value is -2.96. The van der Waals surface area contributed by atoms with E-state index in [1.165, 1.54) is 11.9 Å². The van der Waals surface area contributed by atoms with Crippen LogP contribution in [0.4, 0.5) is 5.82 Å². The van der Waals surface area contributed by atoms with E-state index in [-0.39, 0.29) is 5.91 Å². The smallest absolute Gasteiger partial charge is 0.221 e. The van der Waals surface area contributed by atoms with Gasteiger partial charge in [-0.15, -0.1) is 0 Å². The minimum atomic E-state index is 0.0170. The number of nitrogens with one attached hydrogen (secondary N) is 3. The normalized spacial score (nSPS) is 10.6. The lowest BCUT2D eigenvalue weighted by Gasteiger charge is -2.07. The highest BCUT2D eigenvalue weighted by atomic mass is 16.1. The monoisotopic (exact) mass is 310 g/mol. The summed E-state index contributed by atoms with van der Waals surface area (Å²) in [6, 6.07) is 10.1. The summed E-state index contributed by atoms with van der Waals surface area (Å²) < 4.78 is 0. The third kappa shape index (κ3) is 4.03. The van der Waals surface area contributed by atoms with Crippen LogP contribution in [0, 0.1) is 0 Å². The molecule has 0 atom stereocenters. The van der Waals surface area contributed by atoms with Crippen LogP contribution in [-0.2, 0) is 11.2 Å². The van der Waals surface area contributed by atoms with E-state index in [0.717, 1.165) is 11.9 Å². The lowest BCUT2D eigenvalue weighted by molar-refractivity contribution is -0.120. The van der Waals surface area contributed by atoms with Gasteiger partial charge in [-0.05, 0) is 12.0 Å². The zero-order valence-corrected chi connectivity index (χ0v) is 12.6. The van der Waals surface area contributed by atoms with Gasteiger partial charge in [-0.25, -0.2) is 15.0 Å². The fraction of sp³-hybridized carbons (Fsp3) is 0.250. The summed E-state index contributed by atoms with van der Waals surface area (Å²) in [4.78, 5) is 27.1. The lowest BCUT2D eigenvalue weighted by Crippen LogP contribution is -2.27. The third-order valence-corrected chi connectivity index (χ3v) is 3.45. The van der Waals surface area contributed by atoms with Crippen LogP contribution in [0.1, 0.15) is 12.0 Å². The second-order valence-corrected chi connectivity index (χ2v) is 5.09. The Balaban J connectivity index is 1.40. The summed E-state index contributed by atoms with van der Waals surface area (Å²) in [5.41, 5.74) is 2.57. The average Bonchev–Trinajstić information content (AvgIpc) is 3.05. The second kappa shape index (κ2) is 7.35. The first-order valence-corrected chi connectivity index (χ1v) is 7.51. The number of hydrogen-bond donors (Lipinski definition) is 3. The first-order valence-electron chi connectivity index (χ1n) is 7.51. The molecule has 0 aliphatic heterocycles. The SMILES string of the molecule is O=C(CCNc1ncnc2nc[nH]c12)NCCc1ccccc1. The number of carbonyl (C=O) groups excluding carboxylic acids is 1. The van der Waals surface area contributed by atoms with Gasteiger partial charge in [0.15, 0.2) is 11.5 Å². The summed E-state index contributed by atoms with van der Waals surface area (Å²) in [7, 11) is 0. The Morgan fingerprint density at radius 3 is 2.83 bits per heavy atom. The molecule has 7 heteroatoms. The number of rotatable bonds is 7. The first-order chi connectivity index (χ1) is 11.3. The first kappa shape index (κ1) is 15.0. The third-order valence-electron chi connectivity index (χ3n) is 3.45. The van der Waals surface area contributed by atoms with Crippen LogP contribution in [-0.4, -0.2) is 38.9 Å². The van der Waals surface area contributed by atoms with Gasteiger partial charge in [-0.2, -0.15) is 0 Å². The molecule has 0 radical (unpaired) electrons. The van der Waals surface area contributed by atoms with Crippen molar-refractivity contribution in [3.8, 4) is 0 Å². The van der Waals surface area contributed by atoms with Crippen LogP contribution in [0.2, 0.25) is 0 Å². The van der Waals surface area contributed by atoms with E-state index in [2.05, 4.69) is 42.7 Å². The van der Waals surface area contributed by atoms with Gasteiger partial charge in [0.2, 0.25) is 5.91 Å². The van der Waals surface area contributed by atoms with Crippen molar-refractivity contribution < 1.29 is 4.79 Å². The highest BCUT2D eigenvalue weighted by Crippen LogP contribution is 2.13. The summed E-state index contributed by atoms with van der Waals surface area (Å²) in [5, 5.41) is 6.05. The number of aromatic amines is 1. The van der Waals surface area contributed by atoms with Crippen LogP contribution in [0.5, 0.6) is 0 Å². The summed E-state index contributed by atoms with van der Waals surface area (Å²) in [6.45, 7) is 1.14. The van der Waals surface area contributed by atoms with E-state index in [9.17, 15) is 4.79 Å². The maximum absolute atomic E-state index is 11.8. The van der Waals surface area contributed by atoms with Crippen LogP contribution in [0.25, 0.3) is 11.2 Å². The molecular weight excluding hydrogens is 292 g/mol. The lowest BCUT2D eigenvalue weighted by atomic mass is 10.1. The number of H-pyrrole nitrogens is 1. The van der Waals surface area contributed by atoms with E-state index in [1.807, 2.05) is 18.2 Å². The molecule has 0 spiro atoms. The van der Waals surface area contributed by atoms with Gasteiger partial charge < -0.3 is 15.6 Å². The molecular formula is C16H18N6O. The van der Waals surface area contributed by atoms with Gasteiger partial charge in [-0.1, -0.05) is 30.3 Å². The van der Waals surface area contributed by atoms with Crippen molar-refractivity contribution in [1.82, 2.24) is 25.3 Å². The largest absolute Gasteiger partial charge is 0.368 e. The summed E-state index contributed by atoms with van der Waals surface area (Å²) in [5.74, 6) is 0.674. The van der Waals surface area contributed by atoms with Gasteiger partial charge in [0, 0.05) is 19.5 Å². The fourth-order valence-electron chi connectivity index (χ4n) is 2.27. The highest BCUT2D eigenvalue weighted by molar-refractivity contribution is 5.82. The van der Waals surface area contributed by atoms with Crippen LogP contribution >= 0.6 is 0 Å². The average molecular weight is 310 g/mol. The van der Waals surface area contributed by atoms with Crippen LogP contribution in [0.3, 0.4) is 0 Å². The molecule has 7 nitrogen and oxygen atoms in total. The van der Waals surface area contributed by atoms with Crippen molar-refractivity contribution in [2.45, 2.75) is 12.8 Å². The van der Waals surface area contributed by atoms with Gasteiger partial charge in [-0.3, -0.25) is 4.79 Å². The molecule has 2 heterocycles. The molecule has 0 bridgehead atoms. The second-order valence-electron chi connectivity index (χ2n) is 5.09. The number of hydrogen-bond acceptors (Lipinski definition) is 5. The molecule has 1 aromatic carbocycles.